The van der Waals surface area contributed by atoms with E-state index >= 15 is 0 Å². The van der Waals surface area contributed by atoms with Crippen molar-refractivity contribution in [1.29, 1.82) is 0 Å². The predicted molar refractivity (Wildman–Crippen MR) is 84.4 cm³/mol. The topological polar surface area (TPSA) is 50.4 Å². The number of piperidine rings is 1. The monoisotopic (exact) mass is 284 g/mol. The average molecular weight is 284 g/mol. The van der Waals surface area contributed by atoms with Gasteiger partial charge in [0.2, 0.25) is 5.91 Å². The maximum absolute atomic E-state index is 12.0. The number of rotatable bonds is 4. The van der Waals surface area contributed by atoms with Gasteiger partial charge in [0, 0.05) is 11.1 Å². The Labute approximate surface area is 124 Å². The zero-order valence-corrected chi connectivity index (χ0v) is 12.0. The van der Waals surface area contributed by atoms with E-state index in [4.69, 9.17) is 4.74 Å². The Balaban J connectivity index is 1.61. The summed E-state index contributed by atoms with van der Waals surface area (Å²) < 4.78 is 5.68. The standard InChI is InChI=1S/C17H20N2O2/c20-17(12-21-14-8-10-18-11-9-14)19-16-7-3-5-13-4-1-2-6-15(13)16/h1-7,14,18H,8-12H2,(H,19,20). The van der Waals surface area contributed by atoms with Gasteiger partial charge in [0.15, 0.2) is 0 Å². The lowest BCUT2D eigenvalue weighted by Crippen LogP contribution is -2.34. The molecule has 1 aliphatic rings. The Morgan fingerprint density at radius 1 is 1.14 bits per heavy atom. The van der Waals surface area contributed by atoms with Gasteiger partial charge in [0.1, 0.15) is 6.61 Å². The number of hydrogen-bond donors (Lipinski definition) is 2. The first-order valence-corrected chi connectivity index (χ1v) is 7.43. The highest BCUT2D eigenvalue weighted by molar-refractivity contribution is 6.02. The van der Waals surface area contributed by atoms with E-state index in [2.05, 4.69) is 10.6 Å². The molecule has 1 aliphatic heterocycles. The van der Waals surface area contributed by atoms with Gasteiger partial charge in [-0.1, -0.05) is 36.4 Å². The van der Waals surface area contributed by atoms with Crippen LogP contribution in [0.5, 0.6) is 0 Å². The molecule has 0 bridgehead atoms. The van der Waals surface area contributed by atoms with E-state index in [1.54, 1.807) is 0 Å². The molecule has 1 saturated heterocycles. The Morgan fingerprint density at radius 3 is 2.76 bits per heavy atom. The molecule has 2 aromatic rings. The van der Waals surface area contributed by atoms with Crippen molar-refractivity contribution >= 4 is 22.4 Å². The molecule has 1 amide bonds. The molecule has 110 valence electrons. The van der Waals surface area contributed by atoms with Crippen molar-refractivity contribution in [2.45, 2.75) is 18.9 Å². The predicted octanol–water partition coefficient (Wildman–Crippen LogP) is 2.55. The van der Waals surface area contributed by atoms with Crippen molar-refractivity contribution in [3.8, 4) is 0 Å². The molecule has 0 atom stereocenters. The number of carbonyl (C=O) groups excluding carboxylic acids is 1. The molecule has 0 aromatic heterocycles. The summed E-state index contributed by atoms with van der Waals surface area (Å²) in [6, 6.07) is 13.9. The Kier molecular flexibility index (Phi) is 4.48. The quantitative estimate of drug-likeness (QED) is 0.907. The van der Waals surface area contributed by atoms with Crippen molar-refractivity contribution in [1.82, 2.24) is 5.32 Å². The summed E-state index contributed by atoms with van der Waals surface area (Å²) >= 11 is 0. The van der Waals surface area contributed by atoms with Crippen LogP contribution in [0, 0.1) is 0 Å². The zero-order valence-electron chi connectivity index (χ0n) is 12.0. The summed E-state index contributed by atoms with van der Waals surface area (Å²) in [7, 11) is 0. The largest absolute Gasteiger partial charge is 0.368 e. The maximum Gasteiger partial charge on any atom is 0.250 e. The van der Waals surface area contributed by atoms with E-state index in [1.807, 2.05) is 42.5 Å². The number of nitrogens with one attached hydrogen (secondary N) is 2. The van der Waals surface area contributed by atoms with Gasteiger partial charge in [-0.3, -0.25) is 4.79 Å². The van der Waals surface area contributed by atoms with Gasteiger partial charge < -0.3 is 15.4 Å². The summed E-state index contributed by atoms with van der Waals surface area (Å²) in [4.78, 5) is 12.0. The zero-order chi connectivity index (χ0) is 14.5. The van der Waals surface area contributed by atoms with Crippen molar-refractivity contribution in [2.75, 3.05) is 25.0 Å². The highest BCUT2D eigenvalue weighted by Crippen LogP contribution is 2.22. The fourth-order valence-electron chi connectivity index (χ4n) is 2.68. The van der Waals surface area contributed by atoms with Crippen LogP contribution in [0.4, 0.5) is 5.69 Å². The van der Waals surface area contributed by atoms with E-state index in [0.717, 1.165) is 42.4 Å². The van der Waals surface area contributed by atoms with Crippen LogP contribution in [0.15, 0.2) is 42.5 Å². The third-order valence-corrected chi connectivity index (χ3v) is 3.80. The average Bonchev–Trinajstić information content (AvgIpc) is 2.54. The van der Waals surface area contributed by atoms with Crippen LogP contribution in [0.1, 0.15) is 12.8 Å². The molecule has 0 aliphatic carbocycles. The van der Waals surface area contributed by atoms with Crippen molar-refractivity contribution in [3.05, 3.63) is 42.5 Å². The van der Waals surface area contributed by atoms with Crippen LogP contribution in [0.3, 0.4) is 0 Å². The molecule has 4 nitrogen and oxygen atoms in total. The second-order valence-corrected chi connectivity index (χ2v) is 5.34. The van der Waals surface area contributed by atoms with Crippen molar-refractivity contribution < 1.29 is 9.53 Å². The second-order valence-electron chi connectivity index (χ2n) is 5.34. The smallest absolute Gasteiger partial charge is 0.250 e. The molecular weight excluding hydrogens is 264 g/mol. The van der Waals surface area contributed by atoms with E-state index in [1.165, 1.54) is 0 Å². The normalized spacial score (nSPS) is 16.0. The number of fused-ring (bicyclic) bond motifs is 1. The van der Waals surface area contributed by atoms with Gasteiger partial charge in [-0.2, -0.15) is 0 Å². The van der Waals surface area contributed by atoms with Crippen molar-refractivity contribution in [3.63, 3.8) is 0 Å². The molecule has 0 radical (unpaired) electrons. The highest BCUT2D eigenvalue weighted by atomic mass is 16.5. The van der Waals surface area contributed by atoms with Crippen LogP contribution in [-0.2, 0) is 9.53 Å². The molecule has 0 spiro atoms. The van der Waals surface area contributed by atoms with E-state index in [0.29, 0.717) is 0 Å². The summed E-state index contributed by atoms with van der Waals surface area (Å²) in [6.45, 7) is 2.05. The third kappa shape index (κ3) is 3.60. The maximum atomic E-state index is 12.0. The molecule has 2 aromatic carbocycles. The lowest BCUT2D eigenvalue weighted by atomic mass is 10.1. The summed E-state index contributed by atoms with van der Waals surface area (Å²) in [5, 5.41) is 8.40. The van der Waals surface area contributed by atoms with Gasteiger partial charge in [0.05, 0.1) is 6.10 Å². The number of benzene rings is 2. The summed E-state index contributed by atoms with van der Waals surface area (Å²) in [6.07, 6.45) is 2.15. The molecule has 1 fully saturated rings. The highest BCUT2D eigenvalue weighted by Gasteiger charge is 2.15. The molecule has 3 rings (SSSR count). The minimum atomic E-state index is -0.0927. The minimum absolute atomic E-state index is 0.0927. The lowest BCUT2D eigenvalue weighted by Gasteiger charge is -2.22. The van der Waals surface area contributed by atoms with Crippen LogP contribution < -0.4 is 10.6 Å². The van der Waals surface area contributed by atoms with Gasteiger partial charge in [-0.05, 0) is 37.4 Å². The molecule has 2 N–H and O–H groups in total. The van der Waals surface area contributed by atoms with E-state index < -0.39 is 0 Å². The molecular formula is C17H20N2O2. The SMILES string of the molecule is O=C(COC1CCNCC1)Nc1cccc2ccccc12. The summed E-state index contributed by atoms with van der Waals surface area (Å²) in [5.74, 6) is -0.0927. The number of carbonyl (C=O) groups is 1. The lowest BCUT2D eigenvalue weighted by molar-refractivity contribution is -0.123. The fourth-order valence-corrected chi connectivity index (χ4v) is 2.68. The number of amides is 1. The second kappa shape index (κ2) is 6.70. The number of ether oxygens (including phenoxy) is 1. The molecule has 21 heavy (non-hydrogen) atoms. The van der Waals surface area contributed by atoms with Crippen molar-refractivity contribution in [2.24, 2.45) is 0 Å². The summed E-state index contributed by atoms with van der Waals surface area (Å²) in [5.41, 5.74) is 0.840. The minimum Gasteiger partial charge on any atom is -0.368 e. The van der Waals surface area contributed by atoms with Gasteiger partial charge in [-0.15, -0.1) is 0 Å². The first-order valence-electron chi connectivity index (χ1n) is 7.43. The Bertz CT molecular complexity index is 616. The third-order valence-electron chi connectivity index (χ3n) is 3.80. The molecule has 0 saturated carbocycles. The van der Waals surface area contributed by atoms with E-state index in [9.17, 15) is 4.79 Å². The Hall–Kier alpha value is -1.91. The van der Waals surface area contributed by atoms with Crippen LogP contribution in [0.2, 0.25) is 0 Å². The van der Waals surface area contributed by atoms with E-state index in [-0.39, 0.29) is 18.6 Å². The molecule has 0 unspecified atom stereocenters. The van der Waals surface area contributed by atoms with Crippen LogP contribution in [0.25, 0.3) is 10.8 Å². The first-order chi connectivity index (χ1) is 10.3. The first kappa shape index (κ1) is 14.0. The Morgan fingerprint density at radius 2 is 1.90 bits per heavy atom. The van der Waals surface area contributed by atoms with Gasteiger partial charge in [-0.25, -0.2) is 0 Å². The number of anilines is 1. The van der Waals surface area contributed by atoms with Gasteiger partial charge >= 0.3 is 0 Å². The number of hydrogen-bond acceptors (Lipinski definition) is 3. The molecule has 4 heteroatoms. The fraction of sp³-hybridized carbons (Fsp3) is 0.353. The molecule has 1 heterocycles. The van der Waals surface area contributed by atoms with Crippen LogP contribution >= 0.6 is 0 Å². The van der Waals surface area contributed by atoms with Gasteiger partial charge in [0.25, 0.3) is 0 Å². The van der Waals surface area contributed by atoms with Crippen LogP contribution in [-0.4, -0.2) is 31.7 Å².